The normalized spacial score (nSPS) is 23.2. The first-order valence-electron chi connectivity index (χ1n) is 5.86. The molecule has 15 heavy (non-hydrogen) atoms. The second-order valence-corrected chi connectivity index (χ2v) is 11.8. The number of hydrogen-bond donors (Lipinski definition) is 0. The van der Waals surface area contributed by atoms with Gasteiger partial charge in [-0.25, -0.2) is 0 Å². The van der Waals surface area contributed by atoms with Gasteiger partial charge in [0.1, 0.15) is 6.10 Å². The van der Waals surface area contributed by atoms with E-state index in [4.69, 9.17) is 13.6 Å². The van der Waals surface area contributed by atoms with Gasteiger partial charge >= 0.3 is 0 Å². The van der Waals surface area contributed by atoms with Crippen molar-refractivity contribution in [3.63, 3.8) is 0 Å². The smallest absolute Gasteiger partial charge is 0.202 e. The quantitative estimate of drug-likeness (QED) is 0.509. The minimum Gasteiger partial charge on any atom is -0.457 e. The molecule has 5 heteroatoms. The van der Waals surface area contributed by atoms with Gasteiger partial charge in [-0.3, -0.25) is 0 Å². The molecule has 1 rings (SSSR count). The van der Waals surface area contributed by atoms with Gasteiger partial charge in [-0.1, -0.05) is 6.92 Å². The molecule has 3 nitrogen and oxygen atoms in total. The zero-order valence-corrected chi connectivity index (χ0v) is 12.7. The molecular formula is C10H24O3Si2. The van der Waals surface area contributed by atoms with Crippen LogP contribution in [0.15, 0.2) is 0 Å². The lowest BCUT2D eigenvalue weighted by molar-refractivity contribution is 0.0751. The van der Waals surface area contributed by atoms with Crippen LogP contribution in [-0.2, 0) is 13.6 Å². The Hall–Kier alpha value is 0.314. The average Bonchev–Trinajstić information content (AvgIpc) is 2.85. The molecule has 0 aromatic rings. The third kappa shape index (κ3) is 4.78. The SMILES string of the molecule is CCC(OCC1CO1)[Si](C)(C)O[SiH](C)C. The fourth-order valence-electron chi connectivity index (χ4n) is 1.88. The van der Waals surface area contributed by atoms with Crippen molar-refractivity contribution in [2.75, 3.05) is 13.2 Å². The van der Waals surface area contributed by atoms with Crippen molar-refractivity contribution < 1.29 is 13.6 Å². The number of ether oxygens (including phenoxy) is 2. The third-order valence-electron chi connectivity index (χ3n) is 2.57. The zero-order valence-electron chi connectivity index (χ0n) is 10.6. The van der Waals surface area contributed by atoms with E-state index in [2.05, 4.69) is 33.1 Å². The number of epoxide rings is 1. The van der Waals surface area contributed by atoms with E-state index in [-0.39, 0.29) is 0 Å². The van der Waals surface area contributed by atoms with Crippen LogP contribution in [-0.4, -0.2) is 42.4 Å². The van der Waals surface area contributed by atoms with E-state index >= 15 is 0 Å². The van der Waals surface area contributed by atoms with Crippen LogP contribution in [0.25, 0.3) is 0 Å². The van der Waals surface area contributed by atoms with Crippen LogP contribution in [0.2, 0.25) is 26.2 Å². The molecule has 0 radical (unpaired) electrons. The highest BCUT2D eigenvalue weighted by atomic mass is 28.4. The summed E-state index contributed by atoms with van der Waals surface area (Å²) in [7, 11) is -2.60. The molecule has 0 spiro atoms. The molecule has 1 aliphatic rings. The molecule has 1 fully saturated rings. The molecule has 0 amide bonds. The van der Waals surface area contributed by atoms with Gasteiger partial charge in [0.25, 0.3) is 0 Å². The van der Waals surface area contributed by atoms with Crippen molar-refractivity contribution in [2.45, 2.75) is 51.4 Å². The van der Waals surface area contributed by atoms with E-state index in [1.54, 1.807) is 0 Å². The van der Waals surface area contributed by atoms with Gasteiger partial charge < -0.3 is 13.6 Å². The van der Waals surface area contributed by atoms with Crippen LogP contribution in [0.1, 0.15) is 13.3 Å². The highest BCUT2D eigenvalue weighted by Gasteiger charge is 2.35. The Balaban J connectivity index is 2.38. The average molecular weight is 248 g/mol. The van der Waals surface area contributed by atoms with Crippen molar-refractivity contribution in [1.29, 1.82) is 0 Å². The molecule has 2 unspecified atom stereocenters. The highest BCUT2D eigenvalue weighted by Crippen LogP contribution is 2.20. The summed E-state index contributed by atoms with van der Waals surface area (Å²) >= 11 is 0. The lowest BCUT2D eigenvalue weighted by Crippen LogP contribution is -2.49. The van der Waals surface area contributed by atoms with Crippen molar-refractivity contribution in [3.8, 4) is 0 Å². The van der Waals surface area contributed by atoms with Crippen LogP contribution >= 0.6 is 0 Å². The van der Waals surface area contributed by atoms with Crippen molar-refractivity contribution in [3.05, 3.63) is 0 Å². The van der Waals surface area contributed by atoms with E-state index in [0.717, 1.165) is 19.6 Å². The van der Waals surface area contributed by atoms with Gasteiger partial charge in [-0.15, -0.1) is 0 Å². The highest BCUT2D eigenvalue weighted by molar-refractivity contribution is 6.78. The summed E-state index contributed by atoms with van der Waals surface area (Å²) in [6, 6.07) is 0. The van der Waals surface area contributed by atoms with Gasteiger partial charge in [-0.2, -0.15) is 0 Å². The van der Waals surface area contributed by atoms with Crippen LogP contribution in [0.5, 0.6) is 0 Å². The summed E-state index contributed by atoms with van der Waals surface area (Å²) in [6.07, 6.45) is 1.41. The lowest BCUT2D eigenvalue weighted by Gasteiger charge is -2.33. The third-order valence-corrected chi connectivity index (χ3v) is 9.01. The van der Waals surface area contributed by atoms with Crippen molar-refractivity contribution >= 4 is 17.4 Å². The molecule has 0 aromatic heterocycles. The summed E-state index contributed by atoms with van der Waals surface area (Å²) < 4.78 is 17.2. The predicted octanol–water partition coefficient (Wildman–Crippen LogP) is 1.92. The molecule has 0 bridgehead atoms. The first-order chi connectivity index (χ1) is 6.95. The Bertz CT molecular complexity index is 193. The Kier molecular flexibility index (Phi) is 4.98. The second-order valence-electron chi connectivity index (χ2n) is 4.96. The molecular weight excluding hydrogens is 224 g/mol. The van der Waals surface area contributed by atoms with E-state index in [1.807, 2.05) is 0 Å². The molecule has 2 atom stereocenters. The van der Waals surface area contributed by atoms with Crippen LogP contribution in [0.4, 0.5) is 0 Å². The van der Waals surface area contributed by atoms with Crippen LogP contribution in [0, 0.1) is 0 Å². The van der Waals surface area contributed by atoms with Gasteiger partial charge in [-0.05, 0) is 32.6 Å². The molecule has 0 saturated carbocycles. The molecule has 90 valence electrons. The first-order valence-corrected chi connectivity index (χ1v) is 11.6. The van der Waals surface area contributed by atoms with Crippen molar-refractivity contribution in [2.24, 2.45) is 0 Å². The van der Waals surface area contributed by atoms with Crippen LogP contribution < -0.4 is 0 Å². The fourth-order valence-corrected chi connectivity index (χ4v) is 8.83. The monoisotopic (exact) mass is 248 g/mol. The maximum Gasteiger partial charge on any atom is 0.202 e. The Morgan fingerprint density at radius 2 is 2.07 bits per heavy atom. The van der Waals surface area contributed by atoms with E-state index in [9.17, 15) is 0 Å². The molecule has 1 aliphatic heterocycles. The maximum absolute atomic E-state index is 6.16. The van der Waals surface area contributed by atoms with Gasteiger partial charge in [0.2, 0.25) is 8.32 Å². The minimum absolute atomic E-state index is 0.316. The van der Waals surface area contributed by atoms with Crippen molar-refractivity contribution in [1.82, 2.24) is 0 Å². The maximum atomic E-state index is 6.16. The molecule has 0 aliphatic carbocycles. The van der Waals surface area contributed by atoms with E-state index in [0.29, 0.717) is 11.8 Å². The molecule has 0 N–H and O–H groups in total. The molecule has 1 heterocycles. The van der Waals surface area contributed by atoms with Gasteiger partial charge in [0, 0.05) is 0 Å². The van der Waals surface area contributed by atoms with Crippen LogP contribution in [0.3, 0.4) is 0 Å². The van der Waals surface area contributed by atoms with Gasteiger partial charge in [0.15, 0.2) is 9.04 Å². The lowest BCUT2D eigenvalue weighted by atomic mass is 10.5. The Labute approximate surface area is 96.0 Å². The number of hydrogen-bond acceptors (Lipinski definition) is 3. The summed E-state index contributed by atoms with van der Waals surface area (Å²) in [6.45, 7) is 12.8. The largest absolute Gasteiger partial charge is 0.457 e. The van der Waals surface area contributed by atoms with E-state index in [1.165, 1.54) is 0 Å². The summed E-state index contributed by atoms with van der Waals surface area (Å²) in [5, 5.41) is 0. The second kappa shape index (κ2) is 5.59. The first kappa shape index (κ1) is 13.4. The Morgan fingerprint density at radius 3 is 2.47 bits per heavy atom. The minimum atomic E-state index is -1.65. The summed E-state index contributed by atoms with van der Waals surface area (Å²) in [5.41, 5.74) is 0.316. The fraction of sp³-hybridized carbons (Fsp3) is 1.00. The summed E-state index contributed by atoms with van der Waals surface area (Å²) in [4.78, 5) is 0. The zero-order chi connectivity index (χ0) is 11.5. The Morgan fingerprint density at radius 1 is 1.47 bits per heavy atom. The number of rotatable bonds is 7. The van der Waals surface area contributed by atoms with E-state index < -0.39 is 17.4 Å². The standard InChI is InChI=1S/C10H24O3Si2/c1-6-10(12-8-9-7-11-9)15(4,5)13-14(2)3/h9-10,14H,6-8H2,1-5H3. The summed E-state index contributed by atoms with van der Waals surface area (Å²) in [5.74, 6) is 0. The molecule has 0 aromatic carbocycles. The molecule has 1 saturated heterocycles. The topological polar surface area (TPSA) is 31.0 Å². The van der Waals surface area contributed by atoms with Gasteiger partial charge in [0.05, 0.1) is 18.9 Å². The predicted molar refractivity (Wildman–Crippen MR) is 67.2 cm³/mol.